The predicted molar refractivity (Wildman–Crippen MR) is 103 cm³/mol. The first kappa shape index (κ1) is 21.5. The van der Waals surface area contributed by atoms with E-state index in [2.05, 4.69) is 5.32 Å². The molecule has 10 nitrogen and oxygen atoms in total. The molecule has 0 saturated carbocycles. The Labute approximate surface area is 166 Å². The smallest absolute Gasteiger partial charge is 0.342 e. The predicted octanol–water partition coefficient (Wildman–Crippen LogP) is 2.80. The number of benzene rings is 2. The minimum absolute atomic E-state index is 0.0774. The number of para-hydroxylation sites is 1. The second-order valence-corrected chi connectivity index (χ2v) is 5.72. The van der Waals surface area contributed by atoms with E-state index in [1.807, 2.05) is 0 Å². The number of rotatable bonds is 8. The maximum atomic E-state index is 12.5. The van der Waals surface area contributed by atoms with Crippen LogP contribution in [0.3, 0.4) is 0 Å². The maximum absolute atomic E-state index is 12.5. The molecule has 10 heteroatoms. The number of carbonyl (C=O) groups is 2. The van der Waals surface area contributed by atoms with Crippen molar-refractivity contribution in [3.05, 3.63) is 52.1 Å². The van der Waals surface area contributed by atoms with Gasteiger partial charge in [0.05, 0.1) is 31.9 Å². The Hall–Kier alpha value is -3.82. The molecule has 0 aromatic heterocycles. The molecule has 0 saturated heterocycles. The molecule has 0 radical (unpaired) electrons. The number of nitro groups is 1. The number of anilines is 1. The highest BCUT2D eigenvalue weighted by Crippen LogP contribution is 2.32. The van der Waals surface area contributed by atoms with Crippen molar-refractivity contribution in [2.45, 2.75) is 13.0 Å². The molecule has 2 aromatic rings. The van der Waals surface area contributed by atoms with Crippen molar-refractivity contribution in [3.63, 3.8) is 0 Å². The summed E-state index contributed by atoms with van der Waals surface area (Å²) in [5.41, 5.74) is -0.0696. The van der Waals surface area contributed by atoms with Crippen LogP contribution in [-0.2, 0) is 9.53 Å². The molecule has 0 heterocycles. The summed E-state index contributed by atoms with van der Waals surface area (Å²) in [5, 5.41) is 13.4. The Morgan fingerprint density at radius 1 is 1.03 bits per heavy atom. The summed E-state index contributed by atoms with van der Waals surface area (Å²) in [4.78, 5) is 35.3. The van der Waals surface area contributed by atoms with E-state index in [0.717, 1.165) is 6.07 Å². The van der Waals surface area contributed by atoms with Gasteiger partial charge in [-0.05, 0) is 25.1 Å². The topological polar surface area (TPSA) is 126 Å². The molecule has 154 valence electrons. The van der Waals surface area contributed by atoms with Crippen LogP contribution in [0.2, 0.25) is 0 Å². The Morgan fingerprint density at radius 2 is 1.72 bits per heavy atom. The number of esters is 1. The number of nitrogens with one attached hydrogen (secondary N) is 1. The quantitative estimate of drug-likeness (QED) is 0.404. The molecule has 0 spiro atoms. The average molecular weight is 404 g/mol. The summed E-state index contributed by atoms with van der Waals surface area (Å²) in [6.07, 6.45) is -1.21. The number of nitrogens with zero attached hydrogens (tertiary/aromatic N) is 1. The molecule has 2 rings (SSSR count). The first-order chi connectivity index (χ1) is 13.8. The second-order valence-electron chi connectivity index (χ2n) is 5.72. The van der Waals surface area contributed by atoms with E-state index >= 15 is 0 Å². The van der Waals surface area contributed by atoms with Gasteiger partial charge in [-0.2, -0.15) is 0 Å². The number of carbonyl (C=O) groups excluding carboxylic acids is 2. The summed E-state index contributed by atoms with van der Waals surface area (Å²) in [6.45, 7) is 1.36. The van der Waals surface area contributed by atoms with Gasteiger partial charge < -0.3 is 24.3 Å². The normalized spacial score (nSPS) is 11.2. The Kier molecular flexibility index (Phi) is 6.96. The van der Waals surface area contributed by atoms with Crippen LogP contribution < -0.4 is 19.5 Å². The molecule has 1 amide bonds. The van der Waals surface area contributed by atoms with E-state index in [1.54, 1.807) is 12.1 Å². The number of non-ortho nitro benzene ring substituents is 1. The monoisotopic (exact) mass is 404 g/mol. The molecule has 1 atom stereocenters. The zero-order valence-corrected chi connectivity index (χ0v) is 16.3. The average Bonchev–Trinajstić information content (AvgIpc) is 2.72. The van der Waals surface area contributed by atoms with Gasteiger partial charge in [0.15, 0.2) is 17.6 Å². The van der Waals surface area contributed by atoms with Gasteiger partial charge in [-0.1, -0.05) is 6.07 Å². The van der Waals surface area contributed by atoms with Crippen molar-refractivity contribution in [1.29, 1.82) is 0 Å². The third-order valence-corrected chi connectivity index (χ3v) is 3.93. The van der Waals surface area contributed by atoms with E-state index in [9.17, 15) is 19.7 Å². The second kappa shape index (κ2) is 9.40. The summed E-state index contributed by atoms with van der Waals surface area (Å²) in [5.74, 6) is -0.765. The van der Waals surface area contributed by atoms with E-state index in [-0.39, 0.29) is 28.4 Å². The molecule has 0 unspecified atom stereocenters. The van der Waals surface area contributed by atoms with Crippen LogP contribution >= 0.6 is 0 Å². The SMILES string of the molecule is COc1ccc([N+](=O)[O-])cc1NC(=O)[C@@H](C)OC(=O)c1cccc(OC)c1OC. The van der Waals surface area contributed by atoms with Crippen molar-refractivity contribution in [2.75, 3.05) is 26.6 Å². The van der Waals surface area contributed by atoms with Gasteiger partial charge in [-0.25, -0.2) is 4.79 Å². The first-order valence-electron chi connectivity index (χ1n) is 8.37. The largest absolute Gasteiger partial charge is 0.495 e. The number of hydrogen-bond donors (Lipinski definition) is 1. The highest BCUT2D eigenvalue weighted by molar-refractivity contribution is 5.99. The van der Waals surface area contributed by atoms with E-state index in [4.69, 9.17) is 18.9 Å². The number of nitro benzene ring substituents is 1. The van der Waals surface area contributed by atoms with Crippen molar-refractivity contribution in [3.8, 4) is 17.2 Å². The number of amides is 1. The molecule has 0 bridgehead atoms. The van der Waals surface area contributed by atoms with Gasteiger partial charge in [0.2, 0.25) is 0 Å². The van der Waals surface area contributed by atoms with Crippen molar-refractivity contribution in [2.24, 2.45) is 0 Å². The third kappa shape index (κ3) is 4.92. The highest BCUT2D eigenvalue weighted by Gasteiger charge is 2.24. The van der Waals surface area contributed by atoms with Gasteiger partial charge in [-0.3, -0.25) is 14.9 Å². The summed E-state index contributed by atoms with van der Waals surface area (Å²) >= 11 is 0. The number of methoxy groups -OCH3 is 3. The Morgan fingerprint density at radius 3 is 2.31 bits per heavy atom. The van der Waals surface area contributed by atoms with Gasteiger partial charge in [0.1, 0.15) is 11.3 Å². The van der Waals surface area contributed by atoms with Gasteiger partial charge in [0, 0.05) is 12.1 Å². The maximum Gasteiger partial charge on any atom is 0.342 e. The van der Waals surface area contributed by atoms with E-state index < -0.39 is 22.9 Å². The standard InChI is InChI=1S/C19H20N2O8/c1-11(29-19(23)13-6-5-7-16(27-3)17(13)28-4)18(22)20-14-10-12(21(24)25)8-9-15(14)26-2/h5-11H,1-4H3,(H,20,22)/t11-/m1/s1. The molecule has 0 fully saturated rings. The fraction of sp³-hybridized carbons (Fsp3) is 0.263. The molecule has 0 aliphatic rings. The molecule has 1 N–H and O–H groups in total. The van der Waals surface area contributed by atoms with Gasteiger partial charge in [0.25, 0.3) is 11.6 Å². The fourth-order valence-electron chi connectivity index (χ4n) is 2.47. The third-order valence-electron chi connectivity index (χ3n) is 3.93. The van der Waals surface area contributed by atoms with Crippen LogP contribution in [-0.4, -0.2) is 44.2 Å². The lowest BCUT2D eigenvalue weighted by molar-refractivity contribution is -0.384. The number of hydrogen-bond acceptors (Lipinski definition) is 8. The van der Waals surface area contributed by atoms with E-state index in [0.29, 0.717) is 5.75 Å². The molecule has 0 aliphatic heterocycles. The molecular weight excluding hydrogens is 384 g/mol. The van der Waals surface area contributed by atoms with Crippen molar-refractivity contribution < 1.29 is 33.5 Å². The Bertz CT molecular complexity index is 928. The minimum Gasteiger partial charge on any atom is -0.495 e. The molecule has 29 heavy (non-hydrogen) atoms. The van der Waals surface area contributed by atoms with Crippen LogP contribution in [0, 0.1) is 10.1 Å². The van der Waals surface area contributed by atoms with Crippen LogP contribution in [0.5, 0.6) is 17.2 Å². The zero-order chi connectivity index (χ0) is 21.6. The highest BCUT2D eigenvalue weighted by atomic mass is 16.6. The summed E-state index contributed by atoms with van der Waals surface area (Å²) < 4.78 is 20.6. The van der Waals surface area contributed by atoms with Crippen LogP contribution in [0.25, 0.3) is 0 Å². The van der Waals surface area contributed by atoms with Crippen molar-refractivity contribution >= 4 is 23.3 Å². The Balaban J connectivity index is 2.17. The summed E-state index contributed by atoms with van der Waals surface area (Å²) in [6, 6.07) is 8.41. The lowest BCUT2D eigenvalue weighted by Gasteiger charge is -2.16. The van der Waals surface area contributed by atoms with Crippen molar-refractivity contribution in [1.82, 2.24) is 0 Å². The van der Waals surface area contributed by atoms with Gasteiger partial charge in [-0.15, -0.1) is 0 Å². The van der Waals surface area contributed by atoms with Crippen LogP contribution in [0.15, 0.2) is 36.4 Å². The zero-order valence-electron chi connectivity index (χ0n) is 16.3. The molecular formula is C19H20N2O8. The van der Waals surface area contributed by atoms with Crippen LogP contribution in [0.1, 0.15) is 17.3 Å². The number of ether oxygens (including phenoxy) is 4. The molecule has 0 aliphatic carbocycles. The lowest BCUT2D eigenvalue weighted by atomic mass is 10.2. The van der Waals surface area contributed by atoms with Gasteiger partial charge >= 0.3 is 5.97 Å². The van der Waals surface area contributed by atoms with Crippen LogP contribution in [0.4, 0.5) is 11.4 Å². The minimum atomic E-state index is -1.21. The summed E-state index contributed by atoms with van der Waals surface area (Å²) in [7, 11) is 4.16. The van der Waals surface area contributed by atoms with E-state index in [1.165, 1.54) is 46.5 Å². The molecule has 2 aromatic carbocycles. The fourth-order valence-corrected chi connectivity index (χ4v) is 2.47. The first-order valence-corrected chi connectivity index (χ1v) is 8.37. The lowest BCUT2D eigenvalue weighted by Crippen LogP contribution is -2.30.